The molecule has 0 bridgehead atoms. The van der Waals surface area contributed by atoms with Crippen LogP contribution in [0.1, 0.15) is 29.1 Å². The summed E-state index contributed by atoms with van der Waals surface area (Å²) in [4.78, 5) is 25.4. The number of aromatic amines is 2. The zero-order valence-electron chi connectivity index (χ0n) is 13.9. The number of methoxy groups -OCH3 is 1. The first-order valence-corrected chi connectivity index (χ1v) is 7.77. The van der Waals surface area contributed by atoms with Crippen LogP contribution in [0.3, 0.4) is 0 Å². The summed E-state index contributed by atoms with van der Waals surface area (Å²) in [5.41, 5.74) is 2.45. The van der Waals surface area contributed by atoms with Gasteiger partial charge in [0.2, 0.25) is 5.82 Å². The Balaban J connectivity index is 1.75. The van der Waals surface area contributed by atoms with Gasteiger partial charge in [-0.15, -0.1) is 5.10 Å². The molecule has 3 aromatic rings. The van der Waals surface area contributed by atoms with Gasteiger partial charge in [0.1, 0.15) is 5.75 Å². The predicted molar refractivity (Wildman–Crippen MR) is 93.5 cm³/mol. The summed E-state index contributed by atoms with van der Waals surface area (Å²) >= 11 is 0. The lowest BCUT2D eigenvalue weighted by Crippen LogP contribution is -2.27. The molecule has 7 heteroatoms. The molecule has 0 saturated heterocycles. The molecule has 3 N–H and O–H groups in total. The minimum atomic E-state index is -0.515. The first-order chi connectivity index (χ1) is 12.1. The summed E-state index contributed by atoms with van der Waals surface area (Å²) < 4.78 is 5.39. The topological polar surface area (TPSA) is 99.9 Å². The molecule has 2 aromatic carbocycles. The quantitative estimate of drug-likeness (QED) is 0.664. The molecule has 0 unspecified atom stereocenters. The number of hydrogen-bond donors (Lipinski definition) is 3. The van der Waals surface area contributed by atoms with E-state index in [1.165, 1.54) is 0 Å². The smallest absolute Gasteiger partial charge is 0.341 e. The molecule has 0 spiro atoms. The Hall–Kier alpha value is -3.35. The number of nitrogens with zero attached hydrogens (tertiary/aromatic N) is 1. The molecular formula is C18H18N4O3. The maximum atomic E-state index is 12.0. The van der Waals surface area contributed by atoms with Crippen LogP contribution in [0.4, 0.5) is 0 Å². The van der Waals surface area contributed by atoms with E-state index in [2.05, 4.69) is 20.5 Å². The molecule has 0 radical (unpaired) electrons. The summed E-state index contributed by atoms with van der Waals surface area (Å²) in [6, 6.07) is 15.4. The second-order valence-corrected chi connectivity index (χ2v) is 5.54. The maximum absolute atomic E-state index is 12.0. The van der Waals surface area contributed by atoms with Gasteiger partial charge in [0.25, 0.3) is 5.91 Å². The zero-order valence-corrected chi connectivity index (χ0v) is 13.9. The number of nitrogens with one attached hydrogen (secondary N) is 3. The molecule has 0 saturated carbocycles. The first kappa shape index (κ1) is 16.5. The zero-order chi connectivity index (χ0) is 17.8. The molecule has 3 rings (SSSR count). The lowest BCUT2D eigenvalue weighted by Gasteiger charge is -2.14. The van der Waals surface area contributed by atoms with E-state index in [1.807, 2.05) is 55.5 Å². The monoisotopic (exact) mass is 338 g/mol. The van der Waals surface area contributed by atoms with Gasteiger partial charge in [-0.05, 0) is 24.1 Å². The molecular weight excluding hydrogens is 320 g/mol. The van der Waals surface area contributed by atoms with Crippen molar-refractivity contribution in [2.45, 2.75) is 13.0 Å². The lowest BCUT2D eigenvalue weighted by molar-refractivity contribution is 0.0929. The van der Waals surface area contributed by atoms with Crippen molar-refractivity contribution < 1.29 is 9.53 Å². The number of rotatable bonds is 5. The van der Waals surface area contributed by atoms with Crippen LogP contribution in [0.15, 0.2) is 53.3 Å². The van der Waals surface area contributed by atoms with Crippen molar-refractivity contribution in [3.63, 3.8) is 0 Å². The van der Waals surface area contributed by atoms with Gasteiger partial charge in [0.15, 0.2) is 0 Å². The molecule has 0 fully saturated rings. The van der Waals surface area contributed by atoms with Crippen LogP contribution in [-0.4, -0.2) is 28.2 Å². The van der Waals surface area contributed by atoms with E-state index in [-0.39, 0.29) is 11.9 Å². The summed E-state index contributed by atoms with van der Waals surface area (Å²) in [6.45, 7) is 1.86. The predicted octanol–water partition coefficient (Wildman–Crippen LogP) is 2.26. The van der Waals surface area contributed by atoms with Crippen molar-refractivity contribution in [2.24, 2.45) is 0 Å². The molecule has 0 aliphatic heterocycles. The van der Waals surface area contributed by atoms with Crippen molar-refractivity contribution in [3.05, 3.63) is 70.4 Å². The second-order valence-electron chi connectivity index (χ2n) is 5.54. The Morgan fingerprint density at radius 3 is 2.52 bits per heavy atom. The van der Waals surface area contributed by atoms with E-state index in [0.29, 0.717) is 0 Å². The Labute approximate surface area is 144 Å². The highest BCUT2D eigenvalue weighted by atomic mass is 16.5. The Morgan fingerprint density at radius 1 is 1.16 bits per heavy atom. The second kappa shape index (κ2) is 7.04. The first-order valence-electron chi connectivity index (χ1n) is 7.77. The Morgan fingerprint density at radius 2 is 1.88 bits per heavy atom. The normalized spacial score (nSPS) is 11.8. The van der Waals surface area contributed by atoms with Crippen molar-refractivity contribution >= 4 is 5.91 Å². The number of carbonyl (C=O) groups excluding carboxylic acids is 1. The highest BCUT2D eigenvalue weighted by Gasteiger charge is 2.14. The summed E-state index contributed by atoms with van der Waals surface area (Å²) in [7, 11) is 1.64. The van der Waals surface area contributed by atoms with Gasteiger partial charge in [0.05, 0.1) is 13.2 Å². The van der Waals surface area contributed by atoms with Crippen molar-refractivity contribution in [3.8, 4) is 16.9 Å². The fraction of sp³-hybridized carbons (Fsp3) is 0.167. The van der Waals surface area contributed by atoms with E-state index >= 15 is 0 Å². The number of carbonyl (C=O) groups is 1. The van der Waals surface area contributed by atoms with Gasteiger partial charge in [0, 0.05) is 5.56 Å². The van der Waals surface area contributed by atoms with Crippen molar-refractivity contribution in [2.75, 3.05) is 7.11 Å². The van der Waals surface area contributed by atoms with Gasteiger partial charge in [-0.2, -0.15) is 0 Å². The summed E-state index contributed by atoms with van der Waals surface area (Å²) in [5, 5.41) is 8.57. The van der Waals surface area contributed by atoms with Crippen LogP contribution in [-0.2, 0) is 0 Å². The van der Waals surface area contributed by atoms with Crippen LogP contribution in [0.5, 0.6) is 5.75 Å². The molecule has 1 atom stereocenters. The third-order valence-corrected chi connectivity index (χ3v) is 3.89. The largest absolute Gasteiger partial charge is 0.496 e. The number of para-hydroxylation sites is 1. The number of ether oxygens (including phenoxy) is 1. The third kappa shape index (κ3) is 3.60. The van der Waals surface area contributed by atoms with Crippen molar-refractivity contribution in [1.29, 1.82) is 0 Å². The van der Waals surface area contributed by atoms with E-state index in [4.69, 9.17) is 4.74 Å². The highest BCUT2D eigenvalue weighted by molar-refractivity contribution is 5.90. The SMILES string of the molecule is COc1ccccc1-c1ccc([C@H](C)NC(=O)c2n[nH]c(=O)[nH]2)cc1. The fourth-order valence-corrected chi connectivity index (χ4v) is 2.56. The molecule has 25 heavy (non-hydrogen) atoms. The van der Waals surface area contributed by atoms with E-state index in [1.54, 1.807) is 7.11 Å². The lowest BCUT2D eigenvalue weighted by atomic mass is 10.0. The van der Waals surface area contributed by atoms with Crippen molar-refractivity contribution in [1.82, 2.24) is 20.5 Å². The number of H-pyrrole nitrogens is 2. The van der Waals surface area contributed by atoms with Gasteiger partial charge in [-0.1, -0.05) is 42.5 Å². The van der Waals surface area contributed by atoms with Crippen LogP contribution >= 0.6 is 0 Å². The average molecular weight is 338 g/mol. The van der Waals surface area contributed by atoms with Crippen LogP contribution < -0.4 is 15.7 Å². The number of aromatic nitrogens is 3. The van der Waals surface area contributed by atoms with Gasteiger partial charge < -0.3 is 10.1 Å². The van der Waals surface area contributed by atoms with E-state index in [9.17, 15) is 9.59 Å². The average Bonchev–Trinajstić information content (AvgIpc) is 3.08. The molecule has 0 aliphatic carbocycles. The third-order valence-electron chi connectivity index (χ3n) is 3.89. The summed E-state index contributed by atoms with van der Waals surface area (Å²) in [5.74, 6) is 0.321. The Kier molecular flexibility index (Phi) is 4.65. The maximum Gasteiger partial charge on any atom is 0.341 e. The minimum Gasteiger partial charge on any atom is -0.496 e. The van der Waals surface area contributed by atoms with Gasteiger partial charge in [-0.25, -0.2) is 9.89 Å². The van der Waals surface area contributed by atoms with Crippen LogP contribution in [0.25, 0.3) is 11.1 Å². The number of benzene rings is 2. The highest BCUT2D eigenvalue weighted by Crippen LogP contribution is 2.30. The fourth-order valence-electron chi connectivity index (χ4n) is 2.56. The van der Waals surface area contributed by atoms with Gasteiger partial charge >= 0.3 is 5.69 Å². The minimum absolute atomic E-state index is 0.0394. The molecule has 7 nitrogen and oxygen atoms in total. The number of amides is 1. The molecule has 1 heterocycles. The molecule has 128 valence electrons. The number of hydrogen-bond acceptors (Lipinski definition) is 4. The van der Waals surface area contributed by atoms with Gasteiger partial charge in [-0.3, -0.25) is 9.78 Å². The molecule has 0 aliphatic rings. The van der Waals surface area contributed by atoms with Crippen LogP contribution in [0.2, 0.25) is 0 Å². The molecule has 1 amide bonds. The molecule has 1 aromatic heterocycles. The van der Waals surface area contributed by atoms with Crippen LogP contribution in [0, 0.1) is 0 Å². The van der Waals surface area contributed by atoms with E-state index in [0.717, 1.165) is 22.4 Å². The van der Waals surface area contributed by atoms with E-state index < -0.39 is 11.6 Å². The standard InChI is InChI=1S/C18H18N4O3/c1-11(19-17(23)16-20-18(24)22-21-16)12-7-9-13(10-8-12)14-5-3-4-6-15(14)25-2/h3-11H,1-2H3,(H,19,23)(H2,20,21,22,24)/t11-/m0/s1. The Bertz CT molecular complexity index is 928. The summed E-state index contributed by atoms with van der Waals surface area (Å²) in [6.07, 6.45) is 0.